The van der Waals surface area contributed by atoms with Gasteiger partial charge in [0.05, 0.1) is 12.2 Å². The molecular weight excluding hydrogens is 192 g/mol. The summed E-state index contributed by atoms with van der Waals surface area (Å²) in [6.45, 7) is 1.04. The summed E-state index contributed by atoms with van der Waals surface area (Å²) in [6.07, 6.45) is 5.24. The normalized spacial score (nSPS) is 43.5. The predicted molar refractivity (Wildman–Crippen MR) is 44.4 cm³/mol. The Balaban J connectivity index is 1.81. The lowest BCUT2D eigenvalue weighted by Crippen LogP contribution is -2.36. The smallest absolute Gasteiger partial charge is 0.0690 e. The summed E-state index contributed by atoms with van der Waals surface area (Å²) in [5, 5.41) is 1.13. The Kier molecular flexibility index (Phi) is 1.77. The van der Waals surface area contributed by atoms with E-state index >= 15 is 0 Å². The summed E-state index contributed by atoms with van der Waals surface area (Å²) >= 11 is 3.44. The van der Waals surface area contributed by atoms with Crippen LogP contribution in [0.25, 0.3) is 0 Å². The van der Waals surface area contributed by atoms with E-state index in [1.54, 1.807) is 0 Å². The first-order chi connectivity index (χ1) is 4.85. The van der Waals surface area contributed by atoms with Gasteiger partial charge >= 0.3 is 0 Å². The van der Waals surface area contributed by atoms with Crippen molar-refractivity contribution in [2.75, 3.05) is 11.9 Å². The first-order valence-electron chi connectivity index (χ1n) is 4.05. The summed E-state index contributed by atoms with van der Waals surface area (Å²) in [5.74, 6) is 0.926. The number of halogens is 1. The molecule has 10 heavy (non-hydrogen) atoms. The van der Waals surface area contributed by atoms with Crippen molar-refractivity contribution in [3.8, 4) is 0 Å². The molecule has 0 aromatic heterocycles. The molecule has 0 atom stereocenters. The molecule has 2 heterocycles. The van der Waals surface area contributed by atoms with Crippen LogP contribution in [0.3, 0.4) is 0 Å². The van der Waals surface area contributed by atoms with Crippen LogP contribution < -0.4 is 0 Å². The fourth-order valence-electron chi connectivity index (χ4n) is 2.19. The maximum atomic E-state index is 5.70. The van der Waals surface area contributed by atoms with Crippen molar-refractivity contribution in [2.45, 2.75) is 31.3 Å². The second-order valence-electron chi connectivity index (χ2n) is 3.56. The second-order valence-corrected chi connectivity index (χ2v) is 4.35. The number of hydrogen-bond donors (Lipinski definition) is 0. The third-order valence-electron chi connectivity index (χ3n) is 2.71. The fraction of sp³-hybridized carbons (Fsp3) is 1.00. The third-order valence-corrected chi connectivity index (χ3v) is 3.27. The SMILES string of the molecule is BrCCCC12CC(CO1)C2. The minimum absolute atomic E-state index is 0.360. The average molecular weight is 205 g/mol. The number of fused-ring (bicyclic) bond motifs is 1. The van der Waals surface area contributed by atoms with Gasteiger partial charge in [0.25, 0.3) is 0 Å². The summed E-state index contributed by atoms with van der Waals surface area (Å²) in [6, 6.07) is 0. The van der Waals surface area contributed by atoms with Crippen molar-refractivity contribution >= 4 is 15.9 Å². The van der Waals surface area contributed by atoms with E-state index < -0.39 is 0 Å². The van der Waals surface area contributed by atoms with E-state index in [2.05, 4.69) is 15.9 Å². The van der Waals surface area contributed by atoms with E-state index in [0.29, 0.717) is 5.60 Å². The lowest BCUT2D eigenvalue weighted by Gasteiger charge is -2.35. The molecule has 0 aromatic carbocycles. The van der Waals surface area contributed by atoms with Crippen molar-refractivity contribution in [2.24, 2.45) is 5.92 Å². The highest BCUT2D eigenvalue weighted by atomic mass is 79.9. The average Bonchev–Trinajstić information content (AvgIpc) is 2.39. The van der Waals surface area contributed by atoms with Crippen LogP contribution in [0.4, 0.5) is 0 Å². The van der Waals surface area contributed by atoms with Crippen LogP contribution in [0.1, 0.15) is 25.7 Å². The van der Waals surface area contributed by atoms with E-state index in [0.717, 1.165) is 17.9 Å². The van der Waals surface area contributed by atoms with Gasteiger partial charge in [-0.2, -0.15) is 0 Å². The third kappa shape index (κ3) is 1.02. The van der Waals surface area contributed by atoms with Crippen molar-refractivity contribution < 1.29 is 4.74 Å². The Morgan fingerprint density at radius 1 is 1.50 bits per heavy atom. The van der Waals surface area contributed by atoms with Gasteiger partial charge < -0.3 is 4.74 Å². The van der Waals surface area contributed by atoms with Gasteiger partial charge in [0.15, 0.2) is 0 Å². The highest BCUT2D eigenvalue weighted by Crippen LogP contribution is 2.50. The van der Waals surface area contributed by atoms with Crippen molar-refractivity contribution in [3.63, 3.8) is 0 Å². The number of rotatable bonds is 3. The minimum atomic E-state index is 0.360. The van der Waals surface area contributed by atoms with Gasteiger partial charge in [0, 0.05) is 5.33 Å². The summed E-state index contributed by atoms with van der Waals surface area (Å²) < 4.78 is 5.70. The Labute approximate surface area is 70.3 Å². The van der Waals surface area contributed by atoms with Gasteiger partial charge in [-0.05, 0) is 31.6 Å². The zero-order chi connectivity index (χ0) is 7.03. The Hall–Kier alpha value is 0.440. The molecule has 3 fully saturated rings. The zero-order valence-corrected chi connectivity index (χ0v) is 7.69. The van der Waals surface area contributed by atoms with E-state index in [4.69, 9.17) is 4.74 Å². The topological polar surface area (TPSA) is 9.23 Å². The van der Waals surface area contributed by atoms with Crippen LogP contribution >= 0.6 is 15.9 Å². The van der Waals surface area contributed by atoms with Gasteiger partial charge in [-0.1, -0.05) is 15.9 Å². The quantitative estimate of drug-likeness (QED) is 0.642. The first kappa shape index (κ1) is 7.11. The molecule has 1 aliphatic carbocycles. The second kappa shape index (κ2) is 2.49. The maximum Gasteiger partial charge on any atom is 0.0690 e. The van der Waals surface area contributed by atoms with Gasteiger partial charge in [-0.15, -0.1) is 0 Å². The summed E-state index contributed by atoms with van der Waals surface area (Å²) in [7, 11) is 0. The summed E-state index contributed by atoms with van der Waals surface area (Å²) in [4.78, 5) is 0. The first-order valence-corrected chi connectivity index (χ1v) is 5.17. The Morgan fingerprint density at radius 2 is 2.30 bits per heavy atom. The van der Waals surface area contributed by atoms with Crippen LogP contribution in [0.5, 0.6) is 0 Å². The molecular formula is C8H13BrO. The molecule has 2 heteroatoms. The number of hydrogen-bond acceptors (Lipinski definition) is 1. The molecule has 3 aliphatic rings. The highest BCUT2D eigenvalue weighted by molar-refractivity contribution is 9.09. The molecule has 2 aliphatic heterocycles. The lowest BCUT2D eigenvalue weighted by atomic mass is 9.72. The van der Waals surface area contributed by atoms with Crippen molar-refractivity contribution in [1.82, 2.24) is 0 Å². The molecule has 58 valence electrons. The fourth-order valence-corrected chi connectivity index (χ4v) is 2.47. The van der Waals surface area contributed by atoms with E-state index in [-0.39, 0.29) is 0 Å². The van der Waals surface area contributed by atoms with Crippen LogP contribution in [-0.2, 0) is 4.74 Å². The molecule has 3 rings (SSSR count). The molecule has 0 aromatic rings. The molecule has 1 saturated carbocycles. The molecule has 0 radical (unpaired) electrons. The summed E-state index contributed by atoms with van der Waals surface area (Å²) in [5.41, 5.74) is 0.360. The number of alkyl halides is 1. The van der Waals surface area contributed by atoms with Crippen LogP contribution in [-0.4, -0.2) is 17.5 Å². The minimum Gasteiger partial charge on any atom is -0.375 e. The Morgan fingerprint density at radius 3 is 2.80 bits per heavy atom. The molecule has 2 saturated heterocycles. The van der Waals surface area contributed by atoms with E-state index in [9.17, 15) is 0 Å². The van der Waals surface area contributed by atoms with Crippen LogP contribution in [0.15, 0.2) is 0 Å². The molecule has 0 N–H and O–H groups in total. The van der Waals surface area contributed by atoms with Crippen molar-refractivity contribution in [1.29, 1.82) is 0 Å². The zero-order valence-electron chi connectivity index (χ0n) is 6.11. The van der Waals surface area contributed by atoms with E-state index in [1.807, 2.05) is 0 Å². The van der Waals surface area contributed by atoms with Gasteiger partial charge in [0.2, 0.25) is 0 Å². The predicted octanol–water partition coefficient (Wildman–Crippen LogP) is 2.34. The van der Waals surface area contributed by atoms with Gasteiger partial charge in [-0.3, -0.25) is 0 Å². The lowest BCUT2D eigenvalue weighted by molar-refractivity contribution is -0.00608. The van der Waals surface area contributed by atoms with E-state index in [1.165, 1.54) is 25.7 Å². The molecule has 2 bridgehead atoms. The van der Waals surface area contributed by atoms with Crippen LogP contribution in [0.2, 0.25) is 0 Å². The molecule has 0 spiro atoms. The highest BCUT2D eigenvalue weighted by Gasteiger charge is 2.50. The largest absolute Gasteiger partial charge is 0.375 e. The molecule has 0 unspecified atom stereocenters. The van der Waals surface area contributed by atoms with Crippen molar-refractivity contribution in [3.05, 3.63) is 0 Å². The van der Waals surface area contributed by atoms with Gasteiger partial charge in [-0.25, -0.2) is 0 Å². The molecule has 0 amide bonds. The Bertz CT molecular complexity index is 124. The van der Waals surface area contributed by atoms with Crippen LogP contribution in [0, 0.1) is 5.92 Å². The maximum absolute atomic E-state index is 5.70. The number of ether oxygens (including phenoxy) is 1. The standard InChI is InChI=1S/C8H13BrO/c9-3-1-2-8-4-7(5-8)6-10-8/h7H,1-6H2. The molecule has 1 nitrogen and oxygen atoms in total. The van der Waals surface area contributed by atoms with Gasteiger partial charge in [0.1, 0.15) is 0 Å². The monoisotopic (exact) mass is 204 g/mol.